The number of hydrogen-bond acceptors (Lipinski definition) is 2. The number of hydrogen-bond donors (Lipinski definition) is 2. The zero-order valence-corrected chi connectivity index (χ0v) is 11.1. The molecule has 0 unspecified atom stereocenters. The van der Waals surface area contributed by atoms with E-state index in [2.05, 4.69) is 5.32 Å². The molecule has 0 spiro atoms. The van der Waals surface area contributed by atoms with Crippen molar-refractivity contribution in [2.45, 2.75) is 20.5 Å². The minimum Gasteiger partial charge on any atom is -0.392 e. The van der Waals surface area contributed by atoms with Gasteiger partial charge in [-0.2, -0.15) is 0 Å². The van der Waals surface area contributed by atoms with E-state index in [1.807, 2.05) is 44.2 Å². The van der Waals surface area contributed by atoms with Crippen LogP contribution < -0.4 is 5.32 Å². The van der Waals surface area contributed by atoms with Crippen LogP contribution in [0.15, 0.2) is 42.5 Å². The van der Waals surface area contributed by atoms with Crippen LogP contribution in [-0.4, -0.2) is 11.0 Å². The smallest absolute Gasteiger partial charge is 0.255 e. The molecule has 3 heteroatoms. The summed E-state index contributed by atoms with van der Waals surface area (Å²) in [5.74, 6) is -0.160. The summed E-state index contributed by atoms with van der Waals surface area (Å²) in [6.07, 6.45) is 0. The standard InChI is InChI=1S/C16H17NO2/c1-11-7-12(2)9-14(8-11)16(19)17-15-6-4-3-5-13(15)10-18/h3-9,18H,10H2,1-2H3,(H,17,19). The Balaban J connectivity index is 2.25. The summed E-state index contributed by atoms with van der Waals surface area (Å²) in [5.41, 5.74) is 4.10. The lowest BCUT2D eigenvalue weighted by Crippen LogP contribution is -2.13. The van der Waals surface area contributed by atoms with Crippen molar-refractivity contribution in [2.75, 3.05) is 5.32 Å². The summed E-state index contributed by atoms with van der Waals surface area (Å²) >= 11 is 0. The lowest BCUT2D eigenvalue weighted by atomic mass is 10.1. The lowest BCUT2D eigenvalue weighted by molar-refractivity contribution is 0.102. The van der Waals surface area contributed by atoms with Crippen LogP contribution >= 0.6 is 0 Å². The Kier molecular flexibility index (Phi) is 3.97. The number of benzene rings is 2. The number of para-hydroxylation sites is 1. The molecule has 2 N–H and O–H groups in total. The highest BCUT2D eigenvalue weighted by Gasteiger charge is 2.09. The molecule has 0 saturated heterocycles. The van der Waals surface area contributed by atoms with E-state index < -0.39 is 0 Å². The molecule has 0 aliphatic heterocycles. The fourth-order valence-corrected chi connectivity index (χ4v) is 2.08. The van der Waals surface area contributed by atoms with Crippen LogP contribution in [0.5, 0.6) is 0 Å². The zero-order chi connectivity index (χ0) is 13.8. The summed E-state index contributed by atoms with van der Waals surface area (Å²) < 4.78 is 0. The molecule has 0 aliphatic rings. The molecule has 0 saturated carbocycles. The van der Waals surface area contributed by atoms with Gasteiger partial charge in [0.1, 0.15) is 0 Å². The normalized spacial score (nSPS) is 10.3. The Hall–Kier alpha value is -2.13. The van der Waals surface area contributed by atoms with Gasteiger partial charge in [0.15, 0.2) is 0 Å². The molecule has 3 nitrogen and oxygen atoms in total. The third kappa shape index (κ3) is 3.20. The Morgan fingerprint density at radius 3 is 2.37 bits per heavy atom. The Bertz CT molecular complexity index is 585. The summed E-state index contributed by atoms with van der Waals surface area (Å²) in [6, 6.07) is 13.0. The van der Waals surface area contributed by atoms with Gasteiger partial charge in [-0.05, 0) is 32.0 Å². The van der Waals surface area contributed by atoms with Crippen molar-refractivity contribution in [1.82, 2.24) is 0 Å². The monoisotopic (exact) mass is 255 g/mol. The minimum atomic E-state index is -0.160. The molecule has 0 aliphatic carbocycles. The molecule has 0 radical (unpaired) electrons. The number of rotatable bonds is 3. The van der Waals surface area contributed by atoms with Crippen molar-refractivity contribution < 1.29 is 9.90 Å². The van der Waals surface area contributed by atoms with Gasteiger partial charge in [0, 0.05) is 16.8 Å². The van der Waals surface area contributed by atoms with Crippen LogP contribution in [0.3, 0.4) is 0 Å². The van der Waals surface area contributed by atoms with E-state index in [-0.39, 0.29) is 12.5 Å². The van der Waals surface area contributed by atoms with Crippen molar-refractivity contribution in [3.63, 3.8) is 0 Å². The highest BCUT2D eigenvalue weighted by atomic mass is 16.3. The van der Waals surface area contributed by atoms with E-state index in [1.165, 1.54) is 0 Å². The van der Waals surface area contributed by atoms with Gasteiger partial charge in [-0.1, -0.05) is 35.4 Å². The Morgan fingerprint density at radius 1 is 1.11 bits per heavy atom. The van der Waals surface area contributed by atoms with Gasteiger partial charge < -0.3 is 10.4 Å². The van der Waals surface area contributed by atoms with Crippen LogP contribution in [0.25, 0.3) is 0 Å². The van der Waals surface area contributed by atoms with Crippen molar-refractivity contribution in [1.29, 1.82) is 0 Å². The molecule has 0 heterocycles. The van der Waals surface area contributed by atoms with Gasteiger partial charge in [0.05, 0.1) is 6.61 Å². The molecule has 2 rings (SSSR count). The highest BCUT2D eigenvalue weighted by molar-refractivity contribution is 6.04. The van der Waals surface area contributed by atoms with Gasteiger partial charge in [0.2, 0.25) is 0 Å². The SMILES string of the molecule is Cc1cc(C)cc(C(=O)Nc2ccccc2CO)c1. The van der Waals surface area contributed by atoms with Crippen LogP contribution in [0.2, 0.25) is 0 Å². The third-order valence-electron chi connectivity index (χ3n) is 2.92. The molecule has 0 atom stereocenters. The molecule has 0 fully saturated rings. The van der Waals surface area contributed by atoms with Gasteiger partial charge in [-0.3, -0.25) is 4.79 Å². The van der Waals surface area contributed by atoms with Gasteiger partial charge >= 0.3 is 0 Å². The number of aryl methyl sites for hydroxylation is 2. The number of carbonyl (C=O) groups excluding carboxylic acids is 1. The predicted molar refractivity (Wildman–Crippen MR) is 76.2 cm³/mol. The molecule has 98 valence electrons. The van der Waals surface area contributed by atoms with Gasteiger partial charge in [-0.25, -0.2) is 0 Å². The maximum Gasteiger partial charge on any atom is 0.255 e. The first-order chi connectivity index (χ1) is 9.10. The fraction of sp³-hybridized carbons (Fsp3) is 0.188. The first kappa shape index (κ1) is 13.3. The second kappa shape index (κ2) is 5.67. The maximum absolute atomic E-state index is 12.2. The average molecular weight is 255 g/mol. The van der Waals surface area contributed by atoms with Crippen LogP contribution in [-0.2, 0) is 6.61 Å². The fourth-order valence-electron chi connectivity index (χ4n) is 2.08. The molecular formula is C16H17NO2. The highest BCUT2D eigenvalue weighted by Crippen LogP contribution is 2.17. The average Bonchev–Trinajstić information content (AvgIpc) is 2.38. The van der Waals surface area contributed by atoms with E-state index in [9.17, 15) is 9.90 Å². The van der Waals surface area contributed by atoms with E-state index in [0.29, 0.717) is 16.8 Å². The van der Waals surface area contributed by atoms with E-state index in [0.717, 1.165) is 11.1 Å². The van der Waals surface area contributed by atoms with Crippen LogP contribution in [0.1, 0.15) is 27.0 Å². The number of nitrogens with one attached hydrogen (secondary N) is 1. The number of carbonyl (C=O) groups is 1. The molecule has 2 aromatic rings. The van der Waals surface area contributed by atoms with Crippen molar-refractivity contribution in [3.05, 3.63) is 64.7 Å². The molecule has 0 bridgehead atoms. The maximum atomic E-state index is 12.2. The molecule has 0 aromatic heterocycles. The summed E-state index contributed by atoms with van der Waals surface area (Å²) in [6.45, 7) is 3.83. The Labute approximate surface area is 112 Å². The number of aliphatic hydroxyl groups excluding tert-OH is 1. The quantitative estimate of drug-likeness (QED) is 0.885. The lowest BCUT2D eigenvalue weighted by Gasteiger charge is -2.10. The third-order valence-corrected chi connectivity index (χ3v) is 2.92. The van der Waals surface area contributed by atoms with E-state index >= 15 is 0 Å². The molecule has 19 heavy (non-hydrogen) atoms. The van der Waals surface area contributed by atoms with Crippen molar-refractivity contribution >= 4 is 11.6 Å². The van der Waals surface area contributed by atoms with Gasteiger partial charge in [-0.15, -0.1) is 0 Å². The van der Waals surface area contributed by atoms with Crippen LogP contribution in [0, 0.1) is 13.8 Å². The molecule has 1 amide bonds. The van der Waals surface area contributed by atoms with E-state index in [1.54, 1.807) is 12.1 Å². The minimum absolute atomic E-state index is 0.0939. The van der Waals surface area contributed by atoms with Crippen molar-refractivity contribution in [2.24, 2.45) is 0 Å². The summed E-state index contributed by atoms with van der Waals surface area (Å²) in [4.78, 5) is 12.2. The second-order valence-electron chi connectivity index (χ2n) is 4.65. The largest absolute Gasteiger partial charge is 0.392 e. The summed E-state index contributed by atoms with van der Waals surface area (Å²) in [5, 5.41) is 12.1. The van der Waals surface area contributed by atoms with Gasteiger partial charge in [0.25, 0.3) is 5.91 Å². The molecular weight excluding hydrogens is 238 g/mol. The Morgan fingerprint density at radius 2 is 1.74 bits per heavy atom. The topological polar surface area (TPSA) is 49.3 Å². The zero-order valence-electron chi connectivity index (χ0n) is 11.1. The molecule has 2 aromatic carbocycles. The van der Waals surface area contributed by atoms with E-state index in [4.69, 9.17) is 0 Å². The first-order valence-electron chi connectivity index (χ1n) is 6.18. The number of anilines is 1. The number of amides is 1. The first-order valence-corrected chi connectivity index (χ1v) is 6.18. The predicted octanol–water partition coefficient (Wildman–Crippen LogP) is 3.05. The van der Waals surface area contributed by atoms with Crippen molar-refractivity contribution in [3.8, 4) is 0 Å². The van der Waals surface area contributed by atoms with Crippen LogP contribution in [0.4, 0.5) is 5.69 Å². The summed E-state index contributed by atoms with van der Waals surface area (Å²) in [7, 11) is 0. The number of aliphatic hydroxyl groups is 1. The second-order valence-corrected chi connectivity index (χ2v) is 4.65.